The lowest BCUT2D eigenvalue weighted by Gasteiger charge is -2.11. The lowest BCUT2D eigenvalue weighted by atomic mass is 10.0. The first-order valence-corrected chi connectivity index (χ1v) is 53.5. The maximum Gasteiger partial charge on any atom is 0.187 e. The fourth-order valence-electron chi connectivity index (χ4n) is 17.7. The number of thiophene rings is 5. The van der Waals surface area contributed by atoms with E-state index in [9.17, 15) is 13.2 Å². The van der Waals surface area contributed by atoms with Crippen LogP contribution in [0.4, 0.5) is 0 Å². The van der Waals surface area contributed by atoms with Gasteiger partial charge in [-0.05, 0) is 276 Å². The molecule has 0 fully saturated rings. The predicted octanol–water partition coefficient (Wildman–Crippen LogP) is 31.5. The van der Waals surface area contributed by atoms with Gasteiger partial charge in [-0.3, -0.25) is 4.79 Å². The Labute approximate surface area is 790 Å². The first-order chi connectivity index (χ1) is 63.9. The number of Topliss-reactive ketones (excluding diaryl/α,β-unsaturated/α-hetero) is 1. The van der Waals surface area contributed by atoms with Crippen LogP contribution < -0.4 is 4.74 Å². The molecule has 0 amide bonds. The molecule has 5 heterocycles. The number of sulfone groups is 1. The second-order valence-corrected chi connectivity index (χ2v) is 45.9. The number of hydrogen-bond acceptors (Lipinski definition) is 9. The topological polar surface area (TPSA) is 162 Å². The molecule has 20 aromatic rings. The number of carbonyl (C=O) groups is 1. The van der Waals surface area contributed by atoms with Crippen LogP contribution in [0.25, 0.3) is 125 Å². The smallest absolute Gasteiger partial charge is 0.187 e. The Morgan fingerprint density at radius 3 is 0.985 bits per heavy atom. The van der Waals surface area contributed by atoms with Gasteiger partial charge < -0.3 is 30.3 Å². The molecule has 664 valence electrons. The standard InChI is InChI=1S/C28H33OS.C24H25O2S.C22H19O2S.C20H15Cl2OS.C20H17O3S2/c29-22-12-6-4-2-1-3-5-7-13-23-18-20-24(21-19-23)30-27-16-10-8-14-25(27)26-15-9-11-17-28(26)30;1-15-5-7-22-20(11-15)21-12-16(2)6-8-23(21)27(22)19-13-17(3)24(18(4)14-19)26-10-9-25;23-15-5-8-20(24)16-11-13-17(14-12-16)25-21-9-3-1-6-18(21)19-7-2-4-10-22(19)25;21-14-3-7-19-17(11-14)18-12-15(22)4-8-20(18)24(19)16-5-1-13(2-6-16)9-10-23;21-13-14-25(22,23)16-11-9-15(10-12-16)24-19-7-3-1-5-17(19)18-6-2-4-8-20(18)24/h8-11,14-21,29H,1-7,12-13,22H2;5-8,11-14,25H,9-10H2,1-4H3;1-4,6-7,9-14,23H,5,8,15H2;1-8,11-12,23H,9-10H2;1-12,21H,13-14H2/q5*+1. The van der Waals surface area contributed by atoms with E-state index in [0.29, 0.717) is 32.5 Å². The molecule has 0 radical (unpaired) electrons. The third-order valence-electron chi connectivity index (χ3n) is 24.0. The number of rotatable bonds is 27. The van der Waals surface area contributed by atoms with Crippen molar-refractivity contribution in [3.63, 3.8) is 0 Å². The van der Waals surface area contributed by atoms with Crippen molar-refractivity contribution in [3.05, 3.63) is 377 Å². The second kappa shape index (κ2) is 43.7. The van der Waals surface area contributed by atoms with Crippen LogP contribution >= 0.6 is 75.6 Å². The van der Waals surface area contributed by atoms with Gasteiger partial charge >= 0.3 is 0 Å². The summed E-state index contributed by atoms with van der Waals surface area (Å²) in [6.45, 7) is 9.08. The molecule has 15 aromatic carbocycles. The average molecular weight is 1890 g/mol. The molecule has 17 heteroatoms. The van der Waals surface area contributed by atoms with E-state index in [2.05, 4.69) is 270 Å². The molecule has 0 spiro atoms. The summed E-state index contributed by atoms with van der Waals surface area (Å²) in [5.41, 5.74) is 8.18. The molecule has 5 N–H and O–H groups in total. The maximum atomic E-state index is 12.1. The molecule has 0 bridgehead atoms. The van der Waals surface area contributed by atoms with E-state index in [-0.39, 0.29) is 95.2 Å². The number of halogens is 2. The van der Waals surface area contributed by atoms with Crippen molar-refractivity contribution in [1.29, 1.82) is 0 Å². The van der Waals surface area contributed by atoms with Crippen LogP contribution in [0.3, 0.4) is 0 Å². The quantitative estimate of drug-likeness (QED) is 0.0192. The molecule has 0 unspecified atom stereocenters. The summed E-state index contributed by atoms with van der Waals surface area (Å²) < 4.78 is 43.5. The van der Waals surface area contributed by atoms with E-state index in [0.717, 1.165) is 49.4 Å². The summed E-state index contributed by atoms with van der Waals surface area (Å²) in [7, 11) is -3.98. The zero-order valence-electron chi connectivity index (χ0n) is 74.2. The van der Waals surface area contributed by atoms with Gasteiger partial charge in [0.2, 0.25) is 0 Å². The van der Waals surface area contributed by atoms with E-state index < -0.39 is 9.84 Å². The number of hydrogen-bond donors (Lipinski definition) is 5. The molecular weight excluding hydrogens is 1780 g/mol. The third-order valence-corrected chi connectivity index (χ3v) is 37.8. The predicted molar refractivity (Wildman–Crippen MR) is 566 cm³/mol. The Hall–Kier alpha value is -10.8. The monoisotopic (exact) mass is 1880 g/mol. The van der Waals surface area contributed by atoms with Crippen LogP contribution in [-0.2, 0) is 22.7 Å². The molecule has 0 aliphatic carbocycles. The first-order valence-electron chi connectivity index (χ1n) is 45.0. The van der Waals surface area contributed by atoms with Gasteiger partial charge in [0.05, 0.1) is 23.9 Å². The molecular formula is C114H109Cl2O9S6+5. The summed E-state index contributed by atoms with van der Waals surface area (Å²) >= 11 is 12.5. The van der Waals surface area contributed by atoms with Crippen molar-refractivity contribution in [2.24, 2.45) is 0 Å². The number of aliphatic hydroxyl groups is 5. The Bertz CT molecular complexity index is 7230. The molecule has 0 aliphatic rings. The largest absolute Gasteiger partial charge is 0.491 e. The fourth-order valence-corrected chi connectivity index (χ4v) is 31.1. The number of ether oxygens (including phenoxy) is 1. The van der Waals surface area contributed by atoms with E-state index >= 15 is 0 Å². The molecule has 9 nitrogen and oxygen atoms in total. The van der Waals surface area contributed by atoms with Gasteiger partial charge in [0.15, 0.2) is 87.1 Å². The van der Waals surface area contributed by atoms with Crippen molar-refractivity contribution in [2.75, 3.05) is 45.4 Å². The van der Waals surface area contributed by atoms with Crippen molar-refractivity contribution in [1.82, 2.24) is 0 Å². The van der Waals surface area contributed by atoms with Crippen LogP contribution in [0.5, 0.6) is 5.75 Å². The van der Waals surface area contributed by atoms with Crippen molar-refractivity contribution >= 4 is 192 Å². The van der Waals surface area contributed by atoms with Crippen molar-refractivity contribution in [2.45, 2.75) is 110 Å². The summed E-state index contributed by atoms with van der Waals surface area (Å²) in [6.07, 6.45) is 12.8. The van der Waals surface area contributed by atoms with Gasteiger partial charge in [-0.15, -0.1) is 0 Å². The lowest BCUT2D eigenvalue weighted by molar-refractivity contribution is 0.0971. The van der Waals surface area contributed by atoms with Gasteiger partial charge in [0.25, 0.3) is 0 Å². The van der Waals surface area contributed by atoms with Crippen LogP contribution in [-0.4, -0.2) is 85.1 Å². The first kappa shape index (κ1) is 93.4. The Morgan fingerprint density at radius 2 is 0.618 bits per heavy atom. The van der Waals surface area contributed by atoms with E-state index in [4.69, 9.17) is 53.5 Å². The third kappa shape index (κ3) is 21.0. The minimum absolute atomic E-state index is 0.0217. The zero-order chi connectivity index (χ0) is 91.1. The fraction of sp³-hybridized carbons (Fsp3) is 0.202. The van der Waals surface area contributed by atoms with Gasteiger partial charge in [0.1, 0.15) is 12.4 Å². The van der Waals surface area contributed by atoms with E-state index in [1.807, 2.05) is 72.8 Å². The SMILES string of the molecule is Cc1ccc2c(c1)c1cc(C)ccc1[s+]2-c1cc(C)c(OCCO)c(C)c1.O=C(CCCO)c1ccc(-[s+]2c3ccccc3c3ccccc32)cc1.O=S(=O)(CCO)c1ccc(-[s+]2c3ccccc3c3ccccc32)cc1.OCCCCCCCCCCc1ccc(-[s+]2c3ccccc3c3ccccc32)cc1.OCCc1ccc(-[s+]2c3ccc(Cl)cc3c3cc(Cl)ccc32)cc1. The minimum Gasteiger partial charge on any atom is -0.491 e. The molecule has 5 aromatic heterocycles. The normalized spacial score (nSPS) is 11.5. The minimum atomic E-state index is -3.42. The lowest BCUT2D eigenvalue weighted by Crippen LogP contribution is -2.09. The van der Waals surface area contributed by atoms with Crippen molar-refractivity contribution < 1.29 is 43.5 Å². The highest BCUT2D eigenvalue weighted by atomic mass is 35.5. The Kier molecular flexibility index (Phi) is 31.2. The van der Waals surface area contributed by atoms with Crippen LogP contribution in [0, 0.1) is 27.7 Å². The molecule has 0 atom stereocenters. The van der Waals surface area contributed by atoms with Gasteiger partial charge in [-0.25, -0.2) is 8.42 Å². The zero-order valence-corrected chi connectivity index (χ0v) is 80.6. The van der Waals surface area contributed by atoms with Crippen LogP contribution in [0.2, 0.25) is 10.0 Å². The number of benzene rings is 15. The number of aliphatic hydroxyl groups excluding tert-OH is 5. The summed E-state index contributed by atoms with van der Waals surface area (Å²) in [6, 6.07) is 115. The van der Waals surface area contributed by atoms with E-state index in [1.54, 1.807) is 12.1 Å². The molecule has 131 heavy (non-hydrogen) atoms. The molecule has 0 aliphatic heterocycles. The van der Waals surface area contributed by atoms with Crippen LogP contribution in [0.1, 0.15) is 108 Å². The molecule has 20 rings (SSSR count). The summed E-state index contributed by atoms with van der Waals surface area (Å²) in [5, 5.41) is 59.3. The summed E-state index contributed by atoms with van der Waals surface area (Å²) in [4.78, 5) is 18.7. The van der Waals surface area contributed by atoms with Crippen molar-refractivity contribution in [3.8, 4) is 30.2 Å². The highest BCUT2D eigenvalue weighted by molar-refractivity contribution is 7.91. The number of fused-ring (bicyclic) bond motifs is 15. The number of unbranched alkanes of at least 4 members (excludes halogenated alkanes) is 7. The Morgan fingerprint density at radius 1 is 0.298 bits per heavy atom. The Balaban J connectivity index is 0.000000120. The molecule has 0 saturated carbocycles. The number of ketones is 1. The second-order valence-electron chi connectivity index (χ2n) is 33.1. The van der Waals surface area contributed by atoms with Gasteiger partial charge in [-0.2, -0.15) is 0 Å². The van der Waals surface area contributed by atoms with Crippen LogP contribution in [0.15, 0.2) is 332 Å². The highest BCUT2D eigenvalue weighted by Crippen LogP contribution is 2.55. The number of carbonyl (C=O) groups excluding carboxylic acids is 1. The maximum absolute atomic E-state index is 12.1. The molecule has 0 saturated heterocycles. The van der Waals surface area contributed by atoms with Gasteiger partial charge in [-0.1, -0.05) is 182 Å². The summed E-state index contributed by atoms with van der Waals surface area (Å²) in [5.74, 6) is 0.740. The number of aryl methyl sites for hydroxylation is 5. The van der Waals surface area contributed by atoms with E-state index in [1.165, 1.54) is 189 Å². The average Bonchev–Trinajstić information content (AvgIpc) is 1.62. The van der Waals surface area contributed by atoms with Gasteiger partial charge in [0, 0.05) is 172 Å². The highest BCUT2D eigenvalue weighted by Gasteiger charge is 2.31.